The molecule has 0 radical (unpaired) electrons. The lowest BCUT2D eigenvalue weighted by Gasteiger charge is -2.35. The number of phenolic OH excluding ortho intramolecular Hbond substituents is 1. The van der Waals surface area contributed by atoms with E-state index in [0.29, 0.717) is 14.3 Å². The van der Waals surface area contributed by atoms with Gasteiger partial charge in [0.25, 0.3) is 0 Å². The van der Waals surface area contributed by atoms with Crippen molar-refractivity contribution in [1.82, 2.24) is 0 Å². The highest BCUT2D eigenvalue weighted by atomic mass is 31.1. The first-order valence-electron chi connectivity index (χ1n) is 9.07. The SMILES string of the molecule is CCCC(CC)(Pc1ccccc1C=NC)c1cc(C)cc(C)c1O. The van der Waals surface area contributed by atoms with E-state index in [1.165, 1.54) is 16.4 Å². The molecule has 0 heterocycles. The molecule has 0 aromatic heterocycles. The van der Waals surface area contributed by atoms with E-state index >= 15 is 0 Å². The van der Waals surface area contributed by atoms with Gasteiger partial charge in [-0.05, 0) is 43.1 Å². The van der Waals surface area contributed by atoms with E-state index in [9.17, 15) is 5.11 Å². The Labute approximate surface area is 154 Å². The van der Waals surface area contributed by atoms with Crippen molar-refractivity contribution in [2.45, 2.75) is 52.1 Å². The van der Waals surface area contributed by atoms with E-state index in [1.54, 1.807) is 0 Å². The van der Waals surface area contributed by atoms with Gasteiger partial charge in [0.1, 0.15) is 5.75 Å². The first-order valence-corrected chi connectivity index (χ1v) is 10.1. The Morgan fingerprint density at radius 3 is 2.52 bits per heavy atom. The molecule has 0 aliphatic rings. The van der Waals surface area contributed by atoms with Gasteiger partial charge >= 0.3 is 0 Å². The standard InChI is InChI=1S/C22H30NOP/c1-6-12-22(7-2,19-14-16(3)13-17(4)21(19)24)25-20-11-9-8-10-18(20)15-23-5/h8-11,13-15,24-25H,6-7,12H2,1-5H3. The second kappa shape index (κ2) is 8.63. The molecule has 0 amide bonds. The number of aliphatic imine (C=N–C) groups is 1. The number of phenols is 1. The summed E-state index contributed by atoms with van der Waals surface area (Å²) in [4.78, 5) is 4.22. The van der Waals surface area contributed by atoms with E-state index in [4.69, 9.17) is 0 Å². The molecule has 134 valence electrons. The fourth-order valence-electron chi connectivity index (χ4n) is 3.59. The third kappa shape index (κ3) is 4.30. The third-order valence-corrected chi connectivity index (χ3v) is 6.92. The molecule has 0 bridgehead atoms. The van der Waals surface area contributed by atoms with Gasteiger partial charge in [-0.15, -0.1) is 0 Å². The molecular formula is C22H30NOP. The highest BCUT2D eigenvalue weighted by Gasteiger charge is 2.33. The lowest BCUT2D eigenvalue weighted by atomic mass is 9.88. The van der Waals surface area contributed by atoms with Gasteiger partial charge in [-0.2, -0.15) is 0 Å². The van der Waals surface area contributed by atoms with Crippen molar-refractivity contribution in [3.05, 3.63) is 58.7 Å². The van der Waals surface area contributed by atoms with Gasteiger partial charge < -0.3 is 5.11 Å². The number of rotatable bonds is 7. The minimum atomic E-state index is -0.0344. The maximum absolute atomic E-state index is 10.8. The van der Waals surface area contributed by atoms with Crippen LogP contribution in [0.5, 0.6) is 5.75 Å². The zero-order valence-electron chi connectivity index (χ0n) is 16.1. The van der Waals surface area contributed by atoms with Crippen LogP contribution < -0.4 is 5.30 Å². The highest BCUT2D eigenvalue weighted by Crippen LogP contribution is 2.51. The maximum Gasteiger partial charge on any atom is 0.122 e. The molecule has 2 rings (SSSR count). The van der Waals surface area contributed by atoms with Crippen LogP contribution in [0.3, 0.4) is 0 Å². The van der Waals surface area contributed by atoms with Gasteiger partial charge in [-0.3, -0.25) is 4.99 Å². The Morgan fingerprint density at radius 2 is 1.88 bits per heavy atom. The van der Waals surface area contributed by atoms with Crippen LogP contribution in [-0.2, 0) is 5.16 Å². The van der Waals surface area contributed by atoms with Crippen molar-refractivity contribution in [2.75, 3.05) is 7.05 Å². The van der Waals surface area contributed by atoms with E-state index in [0.717, 1.165) is 30.4 Å². The Bertz CT molecular complexity index is 754. The summed E-state index contributed by atoms with van der Waals surface area (Å²) in [6.07, 6.45) is 5.11. The number of hydrogen-bond donors (Lipinski definition) is 1. The van der Waals surface area contributed by atoms with Gasteiger partial charge in [0.15, 0.2) is 0 Å². The lowest BCUT2D eigenvalue weighted by Crippen LogP contribution is -2.24. The molecule has 0 saturated carbocycles. The van der Waals surface area contributed by atoms with Crippen molar-refractivity contribution in [1.29, 1.82) is 0 Å². The van der Waals surface area contributed by atoms with Gasteiger partial charge in [0.05, 0.1) is 0 Å². The monoisotopic (exact) mass is 355 g/mol. The van der Waals surface area contributed by atoms with Gasteiger partial charge in [-0.1, -0.05) is 70.8 Å². The van der Waals surface area contributed by atoms with E-state index in [2.05, 4.69) is 62.2 Å². The highest BCUT2D eigenvalue weighted by molar-refractivity contribution is 7.48. The quantitative estimate of drug-likeness (QED) is 0.518. The molecule has 0 aliphatic carbocycles. The number of aryl methyl sites for hydroxylation is 2. The van der Waals surface area contributed by atoms with Gasteiger partial charge in [0.2, 0.25) is 0 Å². The predicted molar refractivity (Wildman–Crippen MR) is 112 cm³/mol. The molecule has 2 nitrogen and oxygen atoms in total. The molecule has 0 saturated heterocycles. The second-order valence-electron chi connectivity index (χ2n) is 6.76. The molecule has 3 heteroatoms. The van der Waals surface area contributed by atoms with Crippen LogP contribution >= 0.6 is 8.58 Å². The summed E-state index contributed by atoms with van der Waals surface area (Å²) in [6, 6.07) is 12.7. The van der Waals surface area contributed by atoms with Crippen molar-refractivity contribution in [3.63, 3.8) is 0 Å². The fourth-order valence-corrected chi connectivity index (χ4v) is 5.46. The summed E-state index contributed by atoms with van der Waals surface area (Å²) in [5.41, 5.74) is 4.47. The van der Waals surface area contributed by atoms with Crippen molar-refractivity contribution in [2.24, 2.45) is 4.99 Å². The normalized spacial score (nSPS) is 14.4. The Morgan fingerprint density at radius 1 is 1.16 bits per heavy atom. The molecular weight excluding hydrogens is 325 g/mol. The van der Waals surface area contributed by atoms with Crippen molar-refractivity contribution >= 4 is 20.1 Å². The number of benzene rings is 2. The number of hydrogen-bond acceptors (Lipinski definition) is 2. The predicted octanol–water partition coefficient (Wildman–Crippen LogP) is 5.47. The van der Waals surface area contributed by atoms with Crippen LogP contribution in [0, 0.1) is 13.8 Å². The van der Waals surface area contributed by atoms with Crippen LogP contribution in [0.2, 0.25) is 0 Å². The molecule has 25 heavy (non-hydrogen) atoms. The van der Waals surface area contributed by atoms with Crippen LogP contribution in [0.25, 0.3) is 0 Å². The molecule has 2 atom stereocenters. The molecule has 2 aromatic carbocycles. The number of aromatic hydroxyl groups is 1. The van der Waals surface area contributed by atoms with Crippen LogP contribution in [0.1, 0.15) is 55.4 Å². The van der Waals surface area contributed by atoms with E-state index < -0.39 is 0 Å². The second-order valence-corrected chi connectivity index (χ2v) is 8.51. The first-order chi connectivity index (χ1) is 12.0. The summed E-state index contributed by atoms with van der Waals surface area (Å²) in [5.74, 6) is 0.468. The zero-order chi connectivity index (χ0) is 18.4. The summed E-state index contributed by atoms with van der Waals surface area (Å²) in [5, 5.41) is 12.1. The molecule has 0 aliphatic heterocycles. The summed E-state index contributed by atoms with van der Waals surface area (Å²) < 4.78 is 0. The largest absolute Gasteiger partial charge is 0.507 e. The summed E-state index contributed by atoms with van der Waals surface area (Å²) in [7, 11) is 2.41. The molecule has 1 N–H and O–H groups in total. The maximum atomic E-state index is 10.8. The molecule has 0 spiro atoms. The van der Waals surface area contributed by atoms with Gasteiger partial charge in [0, 0.05) is 24.0 Å². The Kier molecular flexibility index (Phi) is 6.79. The zero-order valence-corrected chi connectivity index (χ0v) is 17.1. The minimum Gasteiger partial charge on any atom is -0.507 e. The third-order valence-electron chi connectivity index (χ3n) is 4.84. The Balaban J connectivity index is 2.60. The minimum absolute atomic E-state index is 0.0344. The number of nitrogens with zero attached hydrogens (tertiary/aromatic N) is 1. The van der Waals surface area contributed by atoms with Crippen LogP contribution in [-0.4, -0.2) is 18.4 Å². The molecule has 0 fully saturated rings. The molecule has 2 aromatic rings. The smallest absolute Gasteiger partial charge is 0.122 e. The fraction of sp³-hybridized carbons (Fsp3) is 0.409. The topological polar surface area (TPSA) is 32.6 Å². The average Bonchev–Trinajstić information content (AvgIpc) is 2.59. The van der Waals surface area contributed by atoms with Crippen LogP contribution in [0.15, 0.2) is 41.4 Å². The van der Waals surface area contributed by atoms with Crippen LogP contribution in [0.4, 0.5) is 0 Å². The summed E-state index contributed by atoms with van der Waals surface area (Å²) >= 11 is 0. The summed E-state index contributed by atoms with van der Waals surface area (Å²) in [6.45, 7) is 8.59. The van der Waals surface area contributed by atoms with E-state index in [1.807, 2.05) is 20.2 Å². The average molecular weight is 355 g/mol. The van der Waals surface area contributed by atoms with E-state index in [-0.39, 0.29) is 5.16 Å². The lowest BCUT2D eigenvalue weighted by molar-refractivity contribution is 0.438. The first kappa shape index (κ1) is 19.7. The van der Waals surface area contributed by atoms with Crippen molar-refractivity contribution < 1.29 is 5.11 Å². The van der Waals surface area contributed by atoms with Crippen molar-refractivity contribution in [3.8, 4) is 5.75 Å². The molecule has 2 unspecified atom stereocenters. The van der Waals surface area contributed by atoms with Gasteiger partial charge in [-0.25, -0.2) is 0 Å². The Hall–Kier alpha value is -1.66.